The number of H-pyrrole nitrogens is 1. The lowest BCUT2D eigenvalue weighted by atomic mass is 9.69. The molecule has 0 fully saturated rings. The number of aromatic nitrogens is 1. The normalized spacial score (nSPS) is 15.2. The van der Waals surface area contributed by atoms with E-state index in [1.807, 2.05) is 0 Å². The van der Waals surface area contributed by atoms with E-state index in [-0.39, 0.29) is 5.41 Å². The summed E-state index contributed by atoms with van der Waals surface area (Å²) in [5.74, 6) is 1.03. The Kier molecular flexibility index (Phi) is 3.54. The zero-order valence-electron chi connectivity index (χ0n) is 16.1. The Labute approximate surface area is 169 Å². The summed E-state index contributed by atoms with van der Waals surface area (Å²) in [4.78, 5) is 3.53. The van der Waals surface area contributed by atoms with Crippen LogP contribution in [0.15, 0.2) is 97.1 Å². The highest BCUT2D eigenvalue weighted by molar-refractivity contribution is 6.11. The summed E-state index contributed by atoms with van der Waals surface area (Å²) in [6.07, 6.45) is 0.922. The molecule has 29 heavy (non-hydrogen) atoms. The first kappa shape index (κ1) is 16.4. The fraction of sp³-hybridized carbons (Fsp3) is 0.111. The van der Waals surface area contributed by atoms with Gasteiger partial charge < -0.3 is 9.72 Å². The van der Waals surface area contributed by atoms with Gasteiger partial charge in [0.25, 0.3) is 0 Å². The fourth-order valence-corrected chi connectivity index (χ4v) is 4.88. The minimum atomic E-state index is -0.185. The van der Waals surface area contributed by atoms with Gasteiger partial charge in [-0.1, -0.05) is 84.9 Å². The summed E-state index contributed by atoms with van der Waals surface area (Å²) in [6, 6.07) is 34.5. The number of fused-ring (bicyclic) bond motifs is 5. The van der Waals surface area contributed by atoms with Gasteiger partial charge in [0.1, 0.15) is 12.4 Å². The van der Waals surface area contributed by atoms with Crippen LogP contribution in [0.2, 0.25) is 0 Å². The molecule has 4 aromatic carbocycles. The van der Waals surface area contributed by atoms with Gasteiger partial charge in [-0.25, -0.2) is 0 Å². The number of nitrogens with one attached hydrogen (secondary N) is 1. The molecular weight excluding hydrogens is 354 g/mol. The van der Waals surface area contributed by atoms with Crippen molar-refractivity contribution >= 4 is 21.8 Å². The Morgan fingerprint density at radius 2 is 1.31 bits per heavy atom. The van der Waals surface area contributed by atoms with Crippen LogP contribution in [0.25, 0.3) is 21.8 Å². The molecule has 2 heteroatoms. The molecule has 0 spiro atoms. The maximum Gasteiger partial charge on any atom is 0.132 e. The lowest BCUT2D eigenvalue weighted by Gasteiger charge is -2.39. The lowest BCUT2D eigenvalue weighted by molar-refractivity contribution is 0.218. The minimum Gasteiger partial charge on any atom is -0.491 e. The third kappa shape index (κ3) is 2.42. The molecule has 1 aliphatic heterocycles. The number of para-hydroxylation sites is 1. The van der Waals surface area contributed by atoms with Gasteiger partial charge in [-0.15, -0.1) is 0 Å². The van der Waals surface area contributed by atoms with Crippen molar-refractivity contribution in [3.8, 4) is 5.75 Å². The van der Waals surface area contributed by atoms with E-state index in [1.165, 1.54) is 27.5 Å². The van der Waals surface area contributed by atoms with Crippen molar-refractivity contribution in [3.63, 3.8) is 0 Å². The average Bonchev–Trinajstić information content (AvgIpc) is 3.19. The number of benzene rings is 4. The van der Waals surface area contributed by atoms with E-state index in [2.05, 4.69) is 102 Å². The third-order valence-electron chi connectivity index (χ3n) is 6.31. The predicted octanol–water partition coefficient (Wildman–Crippen LogP) is 6.24. The van der Waals surface area contributed by atoms with Crippen molar-refractivity contribution in [1.29, 1.82) is 0 Å². The third-order valence-corrected chi connectivity index (χ3v) is 6.31. The quantitative estimate of drug-likeness (QED) is 0.388. The zero-order chi connectivity index (χ0) is 19.3. The van der Waals surface area contributed by atoms with Crippen LogP contribution in [0.5, 0.6) is 5.75 Å². The number of hydrogen-bond acceptors (Lipinski definition) is 1. The Hall–Kier alpha value is -3.52. The molecule has 140 valence electrons. The van der Waals surface area contributed by atoms with Gasteiger partial charge in [0.15, 0.2) is 0 Å². The molecule has 0 bridgehead atoms. The molecule has 0 aliphatic carbocycles. The monoisotopic (exact) mass is 375 g/mol. The van der Waals surface area contributed by atoms with Crippen LogP contribution < -0.4 is 4.74 Å². The maximum absolute atomic E-state index is 6.61. The van der Waals surface area contributed by atoms with Crippen LogP contribution >= 0.6 is 0 Å². The van der Waals surface area contributed by atoms with Crippen LogP contribution in [0, 0.1) is 0 Å². The highest BCUT2D eigenvalue weighted by Gasteiger charge is 2.40. The Bertz CT molecular complexity index is 1280. The van der Waals surface area contributed by atoms with E-state index in [9.17, 15) is 0 Å². The van der Waals surface area contributed by atoms with Gasteiger partial charge >= 0.3 is 0 Å². The average molecular weight is 375 g/mol. The van der Waals surface area contributed by atoms with E-state index in [0.29, 0.717) is 6.61 Å². The molecule has 1 aromatic heterocycles. The second-order valence-corrected chi connectivity index (χ2v) is 7.93. The van der Waals surface area contributed by atoms with Crippen molar-refractivity contribution in [2.75, 3.05) is 6.61 Å². The molecule has 0 saturated heterocycles. The van der Waals surface area contributed by atoms with E-state index in [1.54, 1.807) is 0 Å². The van der Waals surface area contributed by atoms with E-state index >= 15 is 0 Å². The first-order chi connectivity index (χ1) is 14.4. The predicted molar refractivity (Wildman–Crippen MR) is 119 cm³/mol. The van der Waals surface area contributed by atoms with Crippen molar-refractivity contribution in [3.05, 3.63) is 114 Å². The number of hydrogen-bond donors (Lipinski definition) is 1. The van der Waals surface area contributed by atoms with Gasteiger partial charge in [-0.05, 0) is 35.2 Å². The Morgan fingerprint density at radius 1 is 0.655 bits per heavy atom. The summed E-state index contributed by atoms with van der Waals surface area (Å²) >= 11 is 0. The molecule has 6 rings (SSSR count). The smallest absolute Gasteiger partial charge is 0.132 e. The number of aromatic amines is 1. The standard InChI is InChI=1S/C27H21NO/c1-3-9-20(10-4-1)27(21-11-5-2-6-12-21)17-19-15-16-24-25(26(19)29-18-27)22-13-7-8-14-23(22)28-24/h1-16,28H,17-18H2. The lowest BCUT2D eigenvalue weighted by Crippen LogP contribution is -2.40. The molecule has 1 aliphatic rings. The largest absolute Gasteiger partial charge is 0.491 e. The van der Waals surface area contributed by atoms with Gasteiger partial charge in [-0.3, -0.25) is 0 Å². The summed E-state index contributed by atoms with van der Waals surface area (Å²) in [6.45, 7) is 0.632. The van der Waals surface area contributed by atoms with Crippen molar-refractivity contribution in [2.24, 2.45) is 0 Å². The second-order valence-electron chi connectivity index (χ2n) is 7.93. The molecule has 5 aromatic rings. The molecule has 1 N–H and O–H groups in total. The van der Waals surface area contributed by atoms with Gasteiger partial charge in [-0.2, -0.15) is 0 Å². The number of ether oxygens (including phenoxy) is 1. The van der Waals surface area contributed by atoms with Crippen molar-refractivity contribution in [2.45, 2.75) is 11.8 Å². The van der Waals surface area contributed by atoms with Crippen LogP contribution in [0.1, 0.15) is 16.7 Å². The van der Waals surface area contributed by atoms with E-state index < -0.39 is 0 Å². The molecular formula is C27H21NO. The molecule has 0 amide bonds. The summed E-state index contributed by atoms with van der Waals surface area (Å²) < 4.78 is 6.61. The topological polar surface area (TPSA) is 25.0 Å². The first-order valence-corrected chi connectivity index (χ1v) is 10.1. The summed E-state index contributed by atoms with van der Waals surface area (Å²) in [5, 5.41) is 2.43. The molecule has 0 atom stereocenters. The van der Waals surface area contributed by atoms with Gasteiger partial charge in [0, 0.05) is 16.3 Å². The second kappa shape index (κ2) is 6.25. The Morgan fingerprint density at radius 3 is 2.03 bits per heavy atom. The van der Waals surface area contributed by atoms with Crippen LogP contribution in [-0.2, 0) is 11.8 Å². The van der Waals surface area contributed by atoms with Gasteiger partial charge in [0.2, 0.25) is 0 Å². The zero-order valence-corrected chi connectivity index (χ0v) is 16.1. The molecule has 0 unspecified atom stereocenters. The van der Waals surface area contributed by atoms with E-state index in [0.717, 1.165) is 23.2 Å². The minimum absolute atomic E-state index is 0.185. The maximum atomic E-state index is 6.61. The van der Waals surface area contributed by atoms with Crippen LogP contribution in [-0.4, -0.2) is 11.6 Å². The summed E-state index contributed by atoms with van der Waals surface area (Å²) in [7, 11) is 0. The van der Waals surface area contributed by atoms with Crippen molar-refractivity contribution in [1.82, 2.24) is 4.98 Å². The molecule has 0 saturated carbocycles. The van der Waals surface area contributed by atoms with Crippen molar-refractivity contribution < 1.29 is 4.74 Å². The molecule has 0 radical (unpaired) electrons. The molecule has 2 nitrogen and oxygen atoms in total. The SMILES string of the molecule is c1ccc(C2(c3ccccc3)COc3c(ccc4[nH]c5ccccc5c34)C2)cc1. The fourth-order valence-electron chi connectivity index (χ4n) is 4.88. The highest BCUT2D eigenvalue weighted by Crippen LogP contribution is 2.46. The Balaban J connectivity index is 1.58. The highest BCUT2D eigenvalue weighted by atomic mass is 16.5. The van der Waals surface area contributed by atoms with E-state index in [4.69, 9.17) is 4.74 Å². The first-order valence-electron chi connectivity index (χ1n) is 10.1. The summed E-state index contributed by atoms with van der Waals surface area (Å²) in [5.41, 5.74) is 5.97. The van der Waals surface area contributed by atoms with Crippen LogP contribution in [0.4, 0.5) is 0 Å². The molecule has 2 heterocycles. The van der Waals surface area contributed by atoms with Crippen LogP contribution in [0.3, 0.4) is 0 Å². The van der Waals surface area contributed by atoms with Gasteiger partial charge in [0.05, 0.1) is 10.9 Å². The number of rotatable bonds is 2.